The number of hydrogen-bond donors (Lipinski definition) is 2. The number of fused-ring (bicyclic) bond motifs is 1. The summed E-state index contributed by atoms with van der Waals surface area (Å²) in [5.41, 5.74) is 4.77. The maximum atomic E-state index is 5.56. The first-order valence-electron chi connectivity index (χ1n) is 6.17. The minimum Gasteiger partial charge on any atom is -0.308 e. The number of nitrogens with zero attached hydrogens (tertiary/aromatic N) is 2. The Morgan fingerprint density at radius 3 is 2.72 bits per heavy atom. The van der Waals surface area contributed by atoms with E-state index in [2.05, 4.69) is 48.3 Å². The Morgan fingerprint density at radius 1 is 1.33 bits per heavy atom. The van der Waals surface area contributed by atoms with Gasteiger partial charge in [0.2, 0.25) is 0 Å². The lowest BCUT2D eigenvalue weighted by Crippen LogP contribution is -2.26. The van der Waals surface area contributed by atoms with Crippen molar-refractivity contribution in [3.05, 3.63) is 35.9 Å². The molecule has 4 heteroatoms. The third kappa shape index (κ3) is 2.60. The van der Waals surface area contributed by atoms with Gasteiger partial charge in [0.1, 0.15) is 5.82 Å². The second-order valence-corrected chi connectivity index (χ2v) is 4.84. The minimum atomic E-state index is 0.488. The summed E-state index contributed by atoms with van der Waals surface area (Å²) in [5, 5.41) is 1.14. The van der Waals surface area contributed by atoms with Crippen molar-refractivity contribution in [2.75, 3.05) is 12.5 Å². The molecule has 1 aromatic heterocycles. The van der Waals surface area contributed by atoms with Crippen LogP contribution in [0.3, 0.4) is 0 Å². The van der Waals surface area contributed by atoms with Gasteiger partial charge in [-0.1, -0.05) is 18.2 Å². The van der Waals surface area contributed by atoms with Gasteiger partial charge in [0.05, 0.1) is 5.52 Å². The number of nitrogens with one attached hydrogen (secondary N) is 1. The van der Waals surface area contributed by atoms with Crippen molar-refractivity contribution in [1.82, 2.24) is 9.88 Å². The molecule has 0 saturated carbocycles. The van der Waals surface area contributed by atoms with Crippen molar-refractivity contribution < 1.29 is 0 Å². The van der Waals surface area contributed by atoms with Crippen LogP contribution in [0.2, 0.25) is 0 Å². The maximum Gasteiger partial charge on any atom is 0.145 e. The maximum absolute atomic E-state index is 5.56. The molecule has 0 aliphatic heterocycles. The summed E-state index contributed by atoms with van der Waals surface area (Å²) >= 11 is 0. The number of para-hydroxylation sites is 1. The molecule has 0 saturated heterocycles. The predicted octanol–water partition coefficient (Wildman–Crippen LogP) is 2.36. The molecule has 1 heterocycles. The first kappa shape index (κ1) is 12.8. The van der Waals surface area contributed by atoms with Crippen molar-refractivity contribution in [3.8, 4) is 0 Å². The SMILES string of the molecule is CC(C)N(C)Cc1cc2ccccc2nc1NN. The van der Waals surface area contributed by atoms with Crippen LogP contribution in [0, 0.1) is 0 Å². The van der Waals surface area contributed by atoms with Gasteiger partial charge in [-0.3, -0.25) is 4.90 Å². The molecule has 18 heavy (non-hydrogen) atoms. The van der Waals surface area contributed by atoms with E-state index in [-0.39, 0.29) is 0 Å². The highest BCUT2D eigenvalue weighted by Gasteiger charge is 2.10. The summed E-state index contributed by atoms with van der Waals surface area (Å²) in [6, 6.07) is 10.7. The molecule has 1 aromatic carbocycles. The zero-order valence-electron chi connectivity index (χ0n) is 11.1. The van der Waals surface area contributed by atoms with Gasteiger partial charge in [-0.2, -0.15) is 0 Å². The second-order valence-electron chi connectivity index (χ2n) is 4.84. The van der Waals surface area contributed by atoms with Gasteiger partial charge in [-0.15, -0.1) is 0 Å². The third-order valence-electron chi connectivity index (χ3n) is 3.24. The third-order valence-corrected chi connectivity index (χ3v) is 3.24. The fourth-order valence-corrected chi connectivity index (χ4v) is 1.86. The number of hydrazine groups is 1. The molecule has 0 unspecified atom stereocenters. The molecule has 0 fully saturated rings. The summed E-state index contributed by atoms with van der Waals surface area (Å²) < 4.78 is 0. The largest absolute Gasteiger partial charge is 0.308 e. The van der Waals surface area contributed by atoms with E-state index in [4.69, 9.17) is 5.84 Å². The van der Waals surface area contributed by atoms with Gasteiger partial charge in [0, 0.05) is 23.5 Å². The zero-order valence-corrected chi connectivity index (χ0v) is 11.1. The Hall–Kier alpha value is -1.65. The fourth-order valence-electron chi connectivity index (χ4n) is 1.86. The Balaban J connectivity index is 2.41. The Labute approximate surface area is 108 Å². The van der Waals surface area contributed by atoms with Crippen LogP contribution in [-0.4, -0.2) is 23.0 Å². The number of rotatable bonds is 4. The number of nitrogens with two attached hydrogens (primary N) is 1. The van der Waals surface area contributed by atoms with E-state index >= 15 is 0 Å². The molecule has 96 valence electrons. The topological polar surface area (TPSA) is 54.2 Å². The fraction of sp³-hybridized carbons (Fsp3) is 0.357. The van der Waals surface area contributed by atoms with Gasteiger partial charge in [0.15, 0.2) is 0 Å². The molecular formula is C14H20N4. The standard InChI is InChI=1S/C14H20N4/c1-10(2)18(3)9-12-8-11-6-4-5-7-13(11)16-14(12)17-15/h4-8,10H,9,15H2,1-3H3,(H,16,17). The first-order chi connectivity index (χ1) is 8.61. The average molecular weight is 244 g/mol. The van der Waals surface area contributed by atoms with Crippen molar-refractivity contribution in [1.29, 1.82) is 0 Å². The Bertz CT molecular complexity index is 536. The van der Waals surface area contributed by atoms with Gasteiger partial charge >= 0.3 is 0 Å². The summed E-state index contributed by atoms with van der Waals surface area (Å²) in [5.74, 6) is 6.31. The molecule has 0 amide bonds. The van der Waals surface area contributed by atoms with Crippen molar-refractivity contribution >= 4 is 16.7 Å². The van der Waals surface area contributed by atoms with E-state index in [0.717, 1.165) is 28.8 Å². The minimum absolute atomic E-state index is 0.488. The van der Waals surface area contributed by atoms with Crippen molar-refractivity contribution in [2.45, 2.75) is 26.4 Å². The molecule has 4 nitrogen and oxygen atoms in total. The second kappa shape index (κ2) is 5.33. The molecule has 3 N–H and O–H groups in total. The average Bonchev–Trinajstić information content (AvgIpc) is 2.37. The van der Waals surface area contributed by atoms with E-state index in [0.29, 0.717) is 6.04 Å². The van der Waals surface area contributed by atoms with E-state index in [9.17, 15) is 0 Å². The van der Waals surface area contributed by atoms with Crippen LogP contribution in [-0.2, 0) is 6.54 Å². The summed E-state index contributed by atoms with van der Waals surface area (Å²) in [6.07, 6.45) is 0. The van der Waals surface area contributed by atoms with Crippen LogP contribution in [0.25, 0.3) is 10.9 Å². The van der Waals surface area contributed by atoms with Crippen LogP contribution in [0.5, 0.6) is 0 Å². The number of anilines is 1. The van der Waals surface area contributed by atoms with Crippen molar-refractivity contribution in [2.24, 2.45) is 5.84 Å². The highest BCUT2D eigenvalue weighted by atomic mass is 15.3. The summed E-state index contributed by atoms with van der Waals surface area (Å²) in [4.78, 5) is 6.80. The van der Waals surface area contributed by atoms with Crippen molar-refractivity contribution in [3.63, 3.8) is 0 Å². The van der Waals surface area contributed by atoms with Crippen LogP contribution >= 0.6 is 0 Å². The highest BCUT2D eigenvalue weighted by Crippen LogP contribution is 2.21. The van der Waals surface area contributed by atoms with E-state index in [1.54, 1.807) is 0 Å². The van der Waals surface area contributed by atoms with Crippen LogP contribution < -0.4 is 11.3 Å². The molecule has 0 bridgehead atoms. The Kier molecular flexibility index (Phi) is 3.79. The highest BCUT2D eigenvalue weighted by molar-refractivity contribution is 5.81. The molecule has 0 radical (unpaired) electrons. The number of nitrogen functional groups attached to an aromatic ring is 1. The number of benzene rings is 1. The molecular weight excluding hydrogens is 224 g/mol. The number of pyridine rings is 1. The zero-order chi connectivity index (χ0) is 13.1. The lowest BCUT2D eigenvalue weighted by atomic mass is 10.1. The van der Waals surface area contributed by atoms with E-state index < -0.39 is 0 Å². The number of aromatic nitrogens is 1. The normalized spacial score (nSPS) is 11.4. The first-order valence-corrected chi connectivity index (χ1v) is 6.17. The lowest BCUT2D eigenvalue weighted by Gasteiger charge is -2.22. The van der Waals surface area contributed by atoms with Gasteiger partial charge < -0.3 is 5.43 Å². The quantitative estimate of drug-likeness (QED) is 0.640. The smallest absolute Gasteiger partial charge is 0.145 e. The predicted molar refractivity (Wildman–Crippen MR) is 76.2 cm³/mol. The monoisotopic (exact) mass is 244 g/mol. The van der Waals surface area contributed by atoms with Crippen LogP contribution in [0.1, 0.15) is 19.4 Å². The summed E-state index contributed by atoms with van der Waals surface area (Å²) in [7, 11) is 2.10. The summed E-state index contributed by atoms with van der Waals surface area (Å²) in [6.45, 7) is 5.17. The molecule has 0 aliphatic carbocycles. The van der Waals surface area contributed by atoms with Gasteiger partial charge in [-0.05, 0) is 33.0 Å². The molecule has 0 aliphatic rings. The molecule has 2 aromatic rings. The molecule has 2 rings (SSSR count). The van der Waals surface area contributed by atoms with Gasteiger partial charge in [-0.25, -0.2) is 10.8 Å². The molecule has 0 atom stereocenters. The number of hydrogen-bond acceptors (Lipinski definition) is 4. The van der Waals surface area contributed by atoms with E-state index in [1.165, 1.54) is 0 Å². The van der Waals surface area contributed by atoms with E-state index in [1.807, 2.05) is 18.2 Å². The van der Waals surface area contributed by atoms with Gasteiger partial charge in [0.25, 0.3) is 0 Å². The van der Waals surface area contributed by atoms with Crippen LogP contribution in [0.15, 0.2) is 30.3 Å². The van der Waals surface area contributed by atoms with Crippen LogP contribution in [0.4, 0.5) is 5.82 Å². The Morgan fingerprint density at radius 2 is 2.06 bits per heavy atom. The lowest BCUT2D eigenvalue weighted by molar-refractivity contribution is 0.266. The molecule has 0 spiro atoms.